The van der Waals surface area contributed by atoms with Crippen molar-refractivity contribution in [3.8, 4) is 28.4 Å². The summed E-state index contributed by atoms with van der Waals surface area (Å²) in [7, 11) is 4.68. The number of aromatic nitrogens is 1. The molecule has 0 spiro atoms. The number of amides is 3. The lowest BCUT2D eigenvalue weighted by atomic mass is 9.95. The number of fused-ring (bicyclic) bond motifs is 3. The summed E-state index contributed by atoms with van der Waals surface area (Å²) in [4.78, 5) is 53.1. The number of carbonyl (C=O) groups is 3. The standard InChI is InChI=1S/C32H39N5O7S/c1-18(38)35-23-11-9-19-14-26(42-2)30(43-3)31(44-4)29(19)21-10-12-24(25(39)16-22(21)23)34-13-7-5-6-8-28(41)37-32-36-20(17-45-32)15-27(33)40/h10,12,14,16-17,23H,5-9,11,13,15H2,1-4H3,(H2,33,40)(H,34,39)(H,35,38)(H,36,37,41)/t23-/m0/s1. The highest BCUT2D eigenvalue weighted by atomic mass is 32.1. The van der Waals surface area contributed by atoms with Crippen LogP contribution in [0.5, 0.6) is 17.2 Å². The Balaban J connectivity index is 1.46. The van der Waals surface area contributed by atoms with Crippen molar-refractivity contribution < 1.29 is 28.6 Å². The second kappa shape index (κ2) is 15.4. The lowest BCUT2D eigenvalue weighted by Crippen LogP contribution is -2.26. The smallest absolute Gasteiger partial charge is 0.226 e. The number of nitrogens with zero attached hydrogens (tertiary/aromatic N) is 1. The third-order valence-corrected chi connectivity index (χ3v) is 8.27. The maximum atomic E-state index is 13.4. The van der Waals surface area contributed by atoms with Crippen LogP contribution in [0, 0.1) is 0 Å². The maximum absolute atomic E-state index is 13.4. The second-order valence-electron chi connectivity index (χ2n) is 10.7. The van der Waals surface area contributed by atoms with Gasteiger partial charge in [-0.1, -0.05) is 12.5 Å². The molecule has 0 saturated carbocycles. The quantitative estimate of drug-likeness (QED) is 0.191. The van der Waals surface area contributed by atoms with Crippen molar-refractivity contribution in [1.29, 1.82) is 0 Å². The van der Waals surface area contributed by atoms with Crippen LogP contribution in [-0.4, -0.2) is 50.6 Å². The molecule has 240 valence electrons. The molecule has 3 amide bonds. The van der Waals surface area contributed by atoms with Crippen molar-refractivity contribution in [2.24, 2.45) is 5.73 Å². The molecule has 0 aliphatic heterocycles. The van der Waals surface area contributed by atoms with E-state index in [1.54, 1.807) is 38.8 Å². The molecule has 12 nitrogen and oxygen atoms in total. The fourth-order valence-corrected chi connectivity index (χ4v) is 6.20. The Bertz CT molecular complexity index is 1620. The SMILES string of the molecule is COc1cc2c(c(OC)c1OC)-c1ccc(NCCCCCC(=O)Nc3nc(CC(N)=O)cs3)c(=O)cc1[C@@H](NC(C)=O)CC2. The molecule has 1 atom stereocenters. The number of anilines is 2. The van der Waals surface area contributed by atoms with Gasteiger partial charge < -0.3 is 35.9 Å². The van der Waals surface area contributed by atoms with E-state index in [2.05, 4.69) is 20.9 Å². The summed E-state index contributed by atoms with van der Waals surface area (Å²) in [6.07, 6.45) is 3.73. The number of aryl methyl sites for hydroxylation is 1. The van der Waals surface area contributed by atoms with Gasteiger partial charge in [0.25, 0.3) is 0 Å². The summed E-state index contributed by atoms with van der Waals surface area (Å²) < 4.78 is 17.1. The molecule has 13 heteroatoms. The van der Waals surface area contributed by atoms with E-state index in [0.29, 0.717) is 71.6 Å². The second-order valence-corrected chi connectivity index (χ2v) is 11.5. The van der Waals surface area contributed by atoms with Gasteiger partial charge in [0, 0.05) is 30.8 Å². The monoisotopic (exact) mass is 637 g/mol. The van der Waals surface area contributed by atoms with Crippen molar-refractivity contribution in [2.75, 3.05) is 38.5 Å². The third kappa shape index (κ3) is 8.29. The summed E-state index contributed by atoms with van der Waals surface area (Å²) in [5, 5.41) is 11.1. The highest BCUT2D eigenvalue weighted by Gasteiger charge is 2.29. The third-order valence-electron chi connectivity index (χ3n) is 7.47. The Hall–Kier alpha value is -4.65. The fourth-order valence-electron chi connectivity index (χ4n) is 5.47. The van der Waals surface area contributed by atoms with Gasteiger partial charge in [0.05, 0.1) is 45.2 Å². The number of hydrogen-bond acceptors (Lipinski definition) is 10. The lowest BCUT2D eigenvalue weighted by Gasteiger charge is -2.19. The molecule has 0 bridgehead atoms. The Morgan fingerprint density at radius 1 is 1.04 bits per heavy atom. The van der Waals surface area contributed by atoms with Gasteiger partial charge >= 0.3 is 0 Å². The van der Waals surface area contributed by atoms with E-state index < -0.39 is 5.91 Å². The lowest BCUT2D eigenvalue weighted by molar-refractivity contribution is -0.120. The van der Waals surface area contributed by atoms with Crippen LogP contribution in [0.3, 0.4) is 0 Å². The summed E-state index contributed by atoms with van der Waals surface area (Å²) >= 11 is 1.25. The zero-order chi connectivity index (χ0) is 32.5. The highest BCUT2D eigenvalue weighted by molar-refractivity contribution is 7.13. The first-order chi connectivity index (χ1) is 21.6. The summed E-state index contributed by atoms with van der Waals surface area (Å²) in [5.74, 6) is 0.661. The number of ether oxygens (including phenoxy) is 3. The number of nitrogens with two attached hydrogens (primary N) is 1. The number of thiazole rings is 1. The number of rotatable bonds is 14. The average molecular weight is 638 g/mol. The molecule has 1 aliphatic rings. The molecule has 3 aromatic rings. The number of primary amides is 1. The van der Waals surface area contributed by atoms with Gasteiger partial charge in [-0.2, -0.15) is 0 Å². The average Bonchev–Trinajstić information content (AvgIpc) is 3.29. The Morgan fingerprint density at radius 2 is 1.82 bits per heavy atom. The van der Waals surface area contributed by atoms with Gasteiger partial charge in [0.15, 0.2) is 16.6 Å². The zero-order valence-electron chi connectivity index (χ0n) is 25.9. The van der Waals surface area contributed by atoms with Gasteiger partial charge in [0.1, 0.15) is 0 Å². The minimum atomic E-state index is -0.475. The summed E-state index contributed by atoms with van der Waals surface area (Å²) in [5.41, 5.74) is 9.15. The number of methoxy groups -OCH3 is 3. The number of carbonyl (C=O) groups excluding carboxylic acids is 3. The Morgan fingerprint density at radius 3 is 2.51 bits per heavy atom. The van der Waals surface area contributed by atoms with Crippen LogP contribution in [0.15, 0.2) is 34.4 Å². The van der Waals surface area contributed by atoms with Crippen molar-refractivity contribution in [1.82, 2.24) is 10.3 Å². The minimum absolute atomic E-state index is 0.0356. The first kappa shape index (κ1) is 33.2. The van der Waals surface area contributed by atoms with Gasteiger partial charge in [-0.3, -0.25) is 19.2 Å². The minimum Gasteiger partial charge on any atom is -0.493 e. The number of nitrogens with one attached hydrogen (secondary N) is 3. The molecule has 4 rings (SSSR count). The van der Waals surface area contributed by atoms with Gasteiger partial charge in [-0.15, -0.1) is 11.3 Å². The Labute approximate surface area is 265 Å². The van der Waals surface area contributed by atoms with E-state index in [-0.39, 0.29) is 29.7 Å². The van der Waals surface area contributed by atoms with Crippen LogP contribution < -0.4 is 41.3 Å². The molecule has 2 aromatic carbocycles. The normalized spacial score (nSPS) is 13.5. The van der Waals surface area contributed by atoms with E-state index in [1.807, 2.05) is 12.1 Å². The van der Waals surface area contributed by atoms with Crippen LogP contribution >= 0.6 is 11.3 Å². The molecule has 1 aliphatic carbocycles. The topological polar surface area (TPSA) is 171 Å². The van der Waals surface area contributed by atoms with E-state index in [0.717, 1.165) is 29.5 Å². The van der Waals surface area contributed by atoms with Gasteiger partial charge in [0.2, 0.25) is 28.9 Å². The van der Waals surface area contributed by atoms with Crippen LogP contribution in [0.25, 0.3) is 11.1 Å². The molecule has 1 aromatic heterocycles. The predicted molar refractivity (Wildman–Crippen MR) is 173 cm³/mol. The fraction of sp³-hybridized carbons (Fsp3) is 0.406. The van der Waals surface area contributed by atoms with E-state index in [1.165, 1.54) is 18.3 Å². The molecule has 5 N–H and O–H groups in total. The predicted octanol–water partition coefficient (Wildman–Crippen LogP) is 3.96. The largest absolute Gasteiger partial charge is 0.493 e. The van der Waals surface area contributed by atoms with Crippen LogP contribution in [0.4, 0.5) is 10.8 Å². The molecule has 0 saturated heterocycles. The van der Waals surface area contributed by atoms with Crippen molar-refractivity contribution in [3.63, 3.8) is 0 Å². The van der Waals surface area contributed by atoms with Crippen molar-refractivity contribution in [2.45, 2.75) is 57.9 Å². The van der Waals surface area contributed by atoms with Crippen molar-refractivity contribution in [3.05, 3.63) is 56.7 Å². The number of benzene rings is 1. The number of hydrogen-bond donors (Lipinski definition) is 4. The number of unbranched alkanes of at least 4 members (excludes halogenated alkanes) is 2. The van der Waals surface area contributed by atoms with Crippen molar-refractivity contribution >= 4 is 39.9 Å². The molecular weight excluding hydrogens is 598 g/mol. The molecule has 1 heterocycles. The van der Waals surface area contributed by atoms with E-state index in [4.69, 9.17) is 19.9 Å². The Kier molecular flexibility index (Phi) is 11.4. The first-order valence-corrected chi connectivity index (χ1v) is 15.6. The highest BCUT2D eigenvalue weighted by Crippen LogP contribution is 2.50. The molecule has 0 fully saturated rings. The van der Waals surface area contributed by atoms with E-state index in [9.17, 15) is 19.2 Å². The summed E-state index contributed by atoms with van der Waals surface area (Å²) in [6.45, 7) is 2.00. The van der Waals surface area contributed by atoms with Crippen LogP contribution in [0.2, 0.25) is 0 Å². The van der Waals surface area contributed by atoms with Crippen LogP contribution in [0.1, 0.15) is 61.9 Å². The maximum Gasteiger partial charge on any atom is 0.226 e. The van der Waals surface area contributed by atoms with Crippen LogP contribution in [-0.2, 0) is 27.2 Å². The zero-order valence-corrected chi connectivity index (χ0v) is 26.7. The molecular formula is C32H39N5O7S. The molecule has 0 unspecified atom stereocenters. The molecule has 45 heavy (non-hydrogen) atoms. The van der Waals surface area contributed by atoms with Gasteiger partial charge in [-0.25, -0.2) is 4.98 Å². The van der Waals surface area contributed by atoms with E-state index >= 15 is 0 Å². The first-order valence-electron chi connectivity index (χ1n) is 14.7. The van der Waals surface area contributed by atoms with Gasteiger partial charge in [-0.05, 0) is 60.6 Å². The summed E-state index contributed by atoms with van der Waals surface area (Å²) in [6, 6.07) is 6.75. The molecule has 0 radical (unpaired) electrons.